The number of halogens is 1. The molecular weight excluding hydrogens is 344 g/mol. The summed E-state index contributed by atoms with van der Waals surface area (Å²) in [5, 5.41) is 19.5. The summed E-state index contributed by atoms with van der Waals surface area (Å²) >= 11 is 5.50. The molecule has 136 valence electrons. The number of hydrogen-bond donors (Lipinski definition) is 3. The molecule has 1 aliphatic heterocycles. The van der Waals surface area contributed by atoms with E-state index in [1.807, 2.05) is 0 Å². The van der Waals surface area contributed by atoms with E-state index >= 15 is 0 Å². The number of H-pyrrole nitrogens is 1. The largest absolute Gasteiger partial charge is 0.394 e. The molecule has 0 bridgehead atoms. The van der Waals surface area contributed by atoms with Crippen molar-refractivity contribution in [2.75, 3.05) is 32.3 Å². The molecular formula is C14H21ClN2O7. The number of nitrogens with zero attached hydrogens (tertiary/aromatic N) is 1. The summed E-state index contributed by atoms with van der Waals surface area (Å²) in [7, 11) is 0. The molecule has 0 unspecified atom stereocenters. The van der Waals surface area contributed by atoms with Gasteiger partial charge in [-0.25, -0.2) is 4.79 Å². The molecule has 0 aromatic carbocycles. The Kier molecular flexibility index (Phi) is 6.96. The highest BCUT2D eigenvalue weighted by Crippen LogP contribution is 2.30. The number of aliphatic hydroxyl groups is 2. The quantitative estimate of drug-likeness (QED) is 0.388. The number of aliphatic hydroxyl groups excluding tert-OH is 2. The predicted molar refractivity (Wildman–Crippen MR) is 84.3 cm³/mol. The van der Waals surface area contributed by atoms with Crippen LogP contribution in [0, 0.1) is 6.92 Å². The summed E-state index contributed by atoms with van der Waals surface area (Å²) in [6.07, 6.45) is -2.58. The normalized spacial score (nSPS) is 26.8. The minimum atomic E-state index is -1.13. The molecule has 3 N–H and O–H groups in total. The van der Waals surface area contributed by atoms with Crippen molar-refractivity contribution in [3.8, 4) is 0 Å². The summed E-state index contributed by atoms with van der Waals surface area (Å²) in [6, 6.07) is 0. The number of ether oxygens (including phenoxy) is 3. The Hall–Kier alpha value is -1.23. The van der Waals surface area contributed by atoms with Gasteiger partial charge in [0.2, 0.25) is 0 Å². The average Bonchev–Trinajstić information content (AvgIpc) is 2.87. The van der Waals surface area contributed by atoms with E-state index in [4.69, 9.17) is 25.8 Å². The minimum Gasteiger partial charge on any atom is -0.394 e. The molecule has 0 aliphatic carbocycles. The lowest BCUT2D eigenvalue weighted by atomic mass is 10.1. The van der Waals surface area contributed by atoms with E-state index in [-0.39, 0.29) is 13.2 Å². The third kappa shape index (κ3) is 4.24. The van der Waals surface area contributed by atoms with Gasteiger partial charge in [-0.3, -0.25) is 14.3 Å². The third-order valence-corrected chi connectivity index (χ3v) is 3.83. The molecule has 1 saturated heterocycles. The van der Waals surface area contributed by atoms with Gasteiger partial charge >= 0.3 is 5.69 Å². The maximum atomic E-state index is 12.0. The first-order valence-corrected chi connectivity index (χ1v) is 8.04. The fourth-order valence-electron chi connectivity index (χ4n) is 2.45. The van der Waals surface area contributed by atoms with Gasteiger partial charge in [-0.1, -0.05) is 0 Å². The fraction of sp³-hybridized carbons (Fsp3) is 0.714. The summed E-state index contributed by atoms with van der Waals surface area (Å²) in [6.45, 7) is 1.88. The lowest BCUT2D eigenvalue weighted by Gasteiger charge is -2.22. The Bertz CT molecular complexity index is 647. The van der Waals surface area contributed by atoms with Crippen LogP contribution in [-0.2, 0) is 14.2 Å². The van der Waals surface area contributed by atoms with Crippen molar-refractivity contribution in [1.82, 2.24) is 9.55 Å². The molecule has 0 spiro atoms. The smallest absolute Gasteiger partial charge is 0.330 e. The van der Waals surface area contributed by atoms with Crippen LogP contribution in [0.2, 0.25) is 0 Å². The first-order chi connectivity index (χ1) is 11.5. The van der Waals surface area contributed by atoms with E-state index in [0.717, 1.165) is 4.57 Å². The van der Waals surface area contributed by atoms with E-state index in [9.17, 15) is 19.8 Å². The number of rotatable bonds is 8. The maximum absolute atomic E-state index is 12.0. The first kappa shape index (κ1) is 19.1. The summed E-state index contributed by atoms with van der Waals surface area (Å²) < 4.78 is 17.4. The third-order valence-electron chi connectivity index (χ3n) is 3.67. The Morgan fingerprint density at radius 1 is 1.38 bits per heavy atom. The first-order valence-electron chi connectivity index (χ1n) is 7.51. The van der Waals surface area contributed by atoms with Crippen LogP contribution in [0.1, 0.15) is 11.8 Å². The number of aromatic nitrogens is 2. The molecule has 2 heterocycles. The second kappa shape index (κ2) is 8.75. The minimum absolute atomic E-state index is 0.147. The number of aryl methyl sites for hydroxylation is 1. The van der Waals surface area contributed by atoms with Crippen LogP contribution in [0.5, 0.6) is 0 Å². The standard InChI is InChI=1S/C14H21ClN2O7/c1-8-6-17(14(21)16-12(8)20)13-11(10(19)9(7-18)24-13)23-5-4-22-3-2-15/h6,9-11,13,18-19H,2-5,7H2,1H3,(H,16,20,21)/t9-,10-,11-,13-/m1/s1. The van der Waals surface area contributed by atoms with Gasteiger partial charge in [0.05, 0.1) is 26.4 Å². The van der Waals surface area contributed by atoms with Crippen LogP contribution < -0.4 is 11.2 Å². The molecule has 2 rings (SSSR count). The highest BCUT2D eigenvalue weighted by Gasteiger charge is 2.45. The second-order valence-corrected chi connectivity index (χ2v) is 5.73. The van der Waals surface area contributed by atoms with Gasteiger partial charge in [0, 0.05) is 17.6 Å². The van der Waals surface area contributed by atoms with Crippen molar-refractivity contribution in [2.24, 2.45) is 0 Å². The number of hydrogen-bond acceptors (Lipinski definition) is 7. The van der Waals surface area contributed by atoms with Crippen LogP contribution in [0.15, 0.2) is 15.8 Å². The number of nitrogens with one attached hydrogen (secondary N) is 1. The van der Waals surface area contributed by atoms with Crippen LogP contribution in [-0.4, -0.2) is 70.4 Å². The molecule has 1 aliphatic rings. The van der Waals surface area contributed by atoms with Crippen LogP contribution in [0.25, 0.3) is 0 Å². The SMILES string of the molecule is Cc1cn([C@@H]2O[C@H](CO)[C@@H](O)[C@H]2OCCOCCCl)c(=O)[nH]c1=O. The van der Waals surface area contributed by atoms with Crippen molar-refractivity contribution in [1.29, 1.82) is 0 Å². The Morgan fingerprint density at radius 2 is 2.12 bits per heavy atom. The Morgan fingerprint density at radius 3 is 2.79 bits per heavy atom. The van der Waals surface area contributed by atoms with Gasteiger partial charge in [0.15, 0.2) is 6.23 Å². The van der Waals surface area contributed by atoms with Gasteiger partial charge in [-0.15, -0.1) is 11.6 Å². The second-order valence-electron chi connectivity index (χ2n) is 5.35. The van der Waals surface area contributed by atoms with Crippen LogP contribution in [0.3, 0.4) is 0 Å². The molecule has 0 saturated carbocycles. The van der Waals surface area contributed by atoms with Crippen molar-refractivity contribution in [3.63, 3.8) is 0 Å². The van der Waals surface area contributed by atoms with E-state index in [0.29, 0.717) is 18.1 Å². The molecule has 1 aromatic heterocycles. The van der Waals surface area contributed by atoms with Crippen LogP contribution in [0.4, 0.5) is 0 Å². The number of alkyl halides is 1. The highest BCUT2D eigenvalue weighted by atomic mass is 35.5. The molecule has 1 fully saturated rings. The summed E-state index contributed by atoms with van der Waals surface area (Å²) in [4.78, 5) is 25.7. The van der Waals surface area contributed by atoms with Gasteiger partial charge in [0.1, 0.15) is 18.3 Å². The highest BCUT2D eigenvalue weighted by molar-refractivity contribution is 6.17. The molecule has 1 aromatic rings. The van der Waals surface area contributed by atoms with Crippen molar-refractivity contribution >= 4 is 11.6 Å². The van der Waals surface area contributed by atoms with E-state index in [1.165, 1.54) is 6.20 Å². The summed E-state index contributed by atoms with van der Waals surface area (Å²) in [5.74, 6) is 0.358. The Balaban J connectivity index is 2.17. The van der Waals surface area contributed by atoms with Gasteiger partial charge in [0.25, 0.3) is 5.56 Å². The predicted octanol–water partition coefficient (Wildman–Crippen LogP) is -1.26. The maximum Gasteiger partial charge on any atom is 0.330 e. The monoisotopic (exact) mass is 364 g/mol. The summed E-state index contributed by atoms with van der Waals surface area (Å²) in [5.41, 5.74) is -0.877. The van der Waals surface area contributed by atoms with Gasteiger partial charge in [-0.05, 0) is 6.92 Å². The zero-order valence-electron chi connectivity index (χ0n) is 13.2. The lowest BCUT2D eigenvalue weighted by molar-refractivity contribution is -0.0838. The molecule has 0 radical (unpaired) electrons. The molecule has 24 heavy (non-hydrogen) atoms. The van der Waals surface area contributed by atoms with Crippen molar-refractivity contribution in [2.45, 2.75) is 31.5 Å². The average molecular weight is 365 g/mol. The molecule has 4 atom stereocenters. The lowest BCUT2D eigenvalue weighted by Crippen LogP contribution is -2.40. The number of aromatic amines is 1. The van der Waals surface area contributed by atoms with E-state index in [2.05, 4.69) is 4.98 Å². The van der Waals surface area contributed by atoms with E-state index < -0.39 is 42.4 Å². The van der Waals surface area contributed by atoms with Crippen molar-refractivity contribution < 1.29 is 24.4 Å². The fourth-order valence-corrected chi connectivity index (χ4v) is 2.56. The topological polar surface area (TPSA) is 123 Å². The zero-order valence-corrected chi connectivity index (χ0v) is 13.9. The Labute approximate surface area is 142 Å². The van der Waals surface area contributed by atoms with Crippen LogP contribution >= 0.6 is 11.6 Å². The molecule has 10 heteroatoms. The zero-order chi connectivity index (χ0) is 17.7. The van der Waals surface area contributed by atoms with Crippen molar-refractivity contribution in [3.05, 3.63) is 32.6 Å². The van der Waals surface area contributed by atoms with Gasteiger partial charge < -0.3 is 24.4 Å². The molecule has 0 amide bonds. The molecule has 9 nitrogen and oxygen atoms in total. The van der Waals surface area contributed by atoms with E-state index in [1.54, 1.807) is 6.92 Å². The van der Waals surface area contributed by atoms with Gasteiger partial charge in [-0.2, -0.15) is 0 Å².